The Hall–Kier alpha value is -2.96. The predicted octanol–water partition coefficient (Wildman–Crippen LogP) is 15.2. The van der Waals surface area contributed by atoms with Gasteiger partial charge in [-0.3, -0.25) is 9.59 Å². The lowest BCUT2D eigenvalue weighted by molar-refractivity contribution is -0.151. The molecule has 3 atom stereocenters. The number of carbonyl (C=O) groups is 2. The van der Waals surface area contributed by atoms with Crippen LogP contribution >= 0.6 is 0 Å². The smallest absolute Gasteiger partial charge is 0.306 e. The number of rotatable bonds is 44. The SMILES string of the molecule is CC/C=C/C/C=C/C/C=C/CCCCC(CC(=O)NC(CO)C(O)CCCCCCCCCCCCCC)OC(=O)CCCCCCC/C=C/C=C/C=C/C=C/CCCCC. The fourth-order valence-electron chi connectivity index (χ4n) is 7.22. The lowest BCUT2D eigenvalue weighted by Crippen LogP contribution is -2.46. The van der Waals surface area contributed by atoms with Crippen molar-refractivity contribution in [1.82, 2.24) is 5.32 Å². The van der Waals surface area contributed by atoms with Gasteiger partial charge in [0, 0.05) is 6.42 Å². The number of aliphatic hydroxyl groups is 2. The summed E-state index contributed by atoms with van der Waals surface area (Å²) in [6, 6.07) is -0.722. The molecule has 6 nitrogen and oxygen atoms in total. The lowest BCUT2D eigenvalue weighted by Gasteiger charge is -2.24. The summed E-state index contributed by atoms with van der Waals surface area (Å²) in [5.41, 5.74) is 0. The van der Waals surface area contributed by atoms with Crippen LogP contribution in [0.15, 0.2) is 85.1 Å². The second kappa shape index (κ2) is 48.1. The fraction of sp³-hybridized carbons (Fsp3) is 0.709. The Labute approximate surface area is 376 Å². The standard InChI is InChI=1S/C55H95NO5/c1-4-7-10-13-16-19-22-25-26-27-28-29-30-33-36-39-42-45-48-55(60)61-51(46-43-40-37-34-31-23-20-17-14-11-8-5-2)49-54(59)56-52(50-57)53(58)47-44-41-38-35-32-24-21-18-15-12-9-6-3/h8,11,16-17,19-20,22,25-29,31,34,51-53,57-58H,4-7,9-10,12-15,18,21,23-24,30,32-33,35-50H2,1-3H3,(H,56,59)/b11-8+,19-16+,20-17+,25-22+,27-26+,29-28+,34-31+. The van der Waals surface area contributed by atoms with Gasteiger partial charge >= 0.3 is 5.97 Å². The average molecular weight is 850 g/mol. The molecule has 3 unspecified atom stereocenters. The number of aliphatic hydroxyl groups excluding tert-OH is 2. The molecule has 0 saturated carbocycles. The van der Waals surface area contributed by atoms with Crippen molar-refractivity contribution in [3.63, 3.8) is 0 Å². The van der Waals surface area contributed by atoms with Gasteiger partial charge in [0.05, 0.1) is 25.2 Å². The van der Waals surface area contributed by atoms with E-state index in [4.69, 9.17) is 4.74 Å². The van der Waals surface area contributed by atoms with Gasteiger partial charge in [0.15, 0.2) is 0 Å². The molecular formula is C55H95NO5. The largest absolute Gasteiger partial charge is 0.462 e. The van der Waals surface area contributed by atoms with Crippen LogP contribution in [0.25, 0.3) is 0 Å². The summed E-state index contributed by atoms with van der Waals surface area (Å²) in [7, 11) is 0. The summed E-state index contributed by atoms with van der Waals surface area (Å²) >= 11 is 0. The number of esters is 1. The maximum absolute atomic E-state index is 13.2. The van der Waals surface area contributed by atoms with Crippen LogP contribution in [-0.4, -0.2) is 46.9 Å². The van der Waals surface area contributed by atoms with Crippen molar-refractivity contribution in [2.45, 2.75) is 244 Å². The number of carbonyl (C=O) groups excluding carboxylic acids is 2. The number of hydrogen-bond donors (Lipinski definition) is 3. The third kappa shape index (κ3) is 43.5. The van der Waals surface area contributed by atoms with Gasteiger partial charge in [-0.2, -0.15) is 0 Å². The number of allylic oxidation sites excluding steroid dienone is 14. The highest BCUT2D eigenvalue weighted by molar-refractivity contribution is 5.77. The molecule has 3 N–H and O–H groups in total. The van der Waals surface area contributed by atoms with E-state index in [1.165, 1.54) is 77.0 Å². The van der Waals surface area contributed by atoms with Gasteiger partial charge < -0.3 is 20.3 Å². The van der Waals surface area contributed by atoms with E-state index in [0.29, 0.717) is 19.3 Å². The number of ether oxygens (including phenoxy) is 1. The number of nitrogens with one attached hydrogen (secondary N) is 1. The van der Waals surface area contributed by atoms with E-state index in [2.05, 4.69) is 111 Å². The first kappa shape index (κ1) is 58.0. The van der Waals surface area contributed by atoms with E-state index in [-0.39, 0.29) is 24.9 Å². The van der Waals surface area contributed by atoms with Crippen LogP contribution in [-0.2, 0) is 14.3 Å². The molecule has 0 bridgehead atoms. The summed E-state index contributed by atoms with van der Waals surface area (Å²) in [5, 5.41) is 23.7. The van der Waals surface area contributed by atoms with E-state index in [1.807, 2.05) is 0 Å². The Kier molecular flexibility index (Phi) is 45.7. The van der Waals surface area contributed by atoms with Gasteiger partial charge in [-0.25, -0.2) is 0 Å². The third-order valence-corrected chi connectivity index (χ3v) is 11.1. The Bertz CT molecular complexity index is 1180. The van der Waals surface area contributed by atoms with Crippen LogP contribution in [0, 0.1) is 0 Å². The third-order valence-electron chi connectivity index (χ3n) is 11.1. The summed E-state index contributed by atoms with van der Waals surface area (Å²) in [5.74, 6) is -0.544. The van der Waals surface area contributed by atoms with Crippen LogP contribution in [0.5, 0.6) is 0 Å². The molecule has 350 valence electrons. The van der Waals surface area contributed by atoms with Gasteiger partial charge in [-0.05, 0) is 83.5 Å². The first-order valence-corrected chi connectivity index (χ1v) is 25.4. The molecule has 0 aliphatic heterocycles. The van der Waals surface area contributed by atoms with Crippen molar-refractivity contribution < 1.29 is 24.5 Å². The van der Waals surface area contributed by atoms with E-state index < -0.39 is 18.2 Å². The predicted molar refractivity (Wildman–Crippen MR) is 264 cm³/mol. The minimum absolute atomic E-state index is 0.0375. The van der Waals surface area contributed by atoms with Crippen LogP contribution in [0.1, 0.15) is 226 Å². The van der Waals surface area contributed by atoms with Crippen LogP contribution in [0.3, 0.4) is 0 Å². The molecule has 0 aromatic heterocycles. The number of amides is 1. The van der Waals surface area contributed by atoms with E-state index in [9.17, 15) is 19.8 Å². The Morgan fingerprint density at radius 2 is 0.951 bits per heavy atom. The van der Waals surface area contributed by atoms with Gasteiger partial charge in [0.25, 0.3) is 0 Å². The molecule has 0 aromatic carbocycles. The first-order valence-electron chi connectivity index (χ1n) is 25.4. The highest BCUT2D eigenvalue weighted by Crippen LogP contribution is 2.17. The molecule has 0 aliphatic rings. The Balaban J connectivity index is 4.66. The van der Waals surface area contributed by atoms with E-state index in [1.54, 1.807) is 0 Å². The summed E-state index contributed by atoms with van der Waals surface area (Å²) < 4.78 is 5.90. The Morgan fingerprint density at radius 3 is 1.54 bits per heavy atom. The zero-order valence-corrected chi connectivity index (χ0v) is 39.8. The fourth-order valence-corrected chi connectivity index (χ4v) is 7.22. The molecule has 0 saturated heterocycles. The first-order chi connectivity index (χ1) is 30.0. The normalized spacial score (nSPS) is 14.0. The van der Waals surface area contributed by atoms with Crippen LogP contribution < -0.4 is 5.32 Å². The molecule has 0 spiro atoms. The highest BCUT2D eigenvalue weighted by Gasteiger charge is 2.24. The van der Waals surface area contributed by atoms with Crippen molar-refractivity contribution in [3.8, 4) is 0 Å². The van der Waals surface area contributed by atoms with Crippen molar-refractivity contribution >= 4 is 11.9 Å². The second-order valence-corrected chi connectivity index (χ2v) is 16.9. The maximum atomic E-state index is 13.2. The zero-order valence-electron chi connectivity index (χ0n) is 39.8. The van der Waals surface area contributed by atoms with Crippen LogP contribution in [0.2, 0.25) is 0 Å². The molecule has 0 aliphatic carbocycles. The zero-order chi connectivity index (χ0) is 44.5. The monoisotopic (exact) mass is 850 g/mol. The molecule has 6 heteroatoms. The molecule has 0 fully saturated rings. The maximum Gasteiger partial charge on any atom is 0.306 e. The summed E-state index contributed by atoms with van der Waals surface area (Å²) in [6.45, 7) is 6.30. The molecule has 0 aromatic rings. The molecule has 0 heterocycles. The van der Waals surface area contributed by atoms with Gasteiger partial charge in [0.2, 0.25) is 5.91 Å². The molecule has 1 amide bonds. The van der Waals surface area contributed by atoms with E-state index >= 15 is 0 Å². The number of hydrogen-bond acceptors (Lipinski definition) is 5. The Morgan fingerprint density at radius 1 is 0.508 bits per heavy atom. The van der Waals surface area contributed by atoms with Gasteiger partial charge in [-0.1, -0.05) is 215 Å². The molecule has 0 radical (unpaired) electrons. The van der Waals surface area contributed by atoms with Crippen LogP contribution in [0.4, 0.5) is 0 Å². The quantitative estimate of drug-likeness (QED) is 0.0246. The van der Waals surface area contributed by atoms with Crippen molar-refractivity contribution in [1.29, 1.82) is 0 Å². The average Bonchev–Trinajstić information content (AvgIpc) is 3.25. The topological polar surface area (TPSA) is 95.9 Å². The summed E-state index contributed by atoms with van der Waals surface area (Å²) in [6.07, 6.45) is 62.1. The second-order valence-electron chi connectivity index (χ2n) is 16.9. The van der Waals surface area contributed by atoms with Crippen molar-refractivity contribution in [2.75, 3.05) is 6.61 Å². The molecular weight excluding hydrogens is 755 g/mol. The van der Waals surface area contributed by atoms with Crippen molar-refractivity contribution in [2.24, 2.45) is 0 Å². The summed E-state index contributed by atoms with van der Waals surface area (Å²) in [4.78, 5) is 26.1. The minimum atomic E-state index is -0.805. The van der Waals surface area contributed by atoms with Gasteiger partial charge in [-0.15, -0.1) is 0 Å². The number of unbranched alkanes of at least 4 members (excludes halogenated alkanes) is 21. The molecule has 61 heavy (non-hydrogen) atoms. The highest BCUT2D eigenvalue weighted by atomic mass is 16.5. The van der Waals surface area contributed by atoms with Crippen molar-refractivity contribution in [3.05, 3.63) is 85.1 Å². The lowest BCUT2D eigenvalue weighted by atomic mass is 10.0. The van der Waals surface area contributed by atoms with E-state index in [0.717, 1.165) is 103 Å². The minimum Gasteiger partial charge on any atom is -0.462 e. The van der Waals surface area contributed by atoms with Gasteiger partial charge in [0.1, 0.15) is 6.10 Å². The molecule has 0 rings (SSSR count).